The van der Waals surface area contributed by atoms with Gasteiger partial charge in [0.1, 0.15) is 17.3 Å². The van der Waals surface area contributed by atoms with Gasteiger partial charge in [-0.2, -0.15) is 8.42 Å². The number of nitro groups is 1. The van der Waals surface area contributed by atoms with Crippen molar-refractivity contribution in [2.75, 3.05) is 7.11 Å². The molecule has 2 aromatic rings. The largest absolute Gasteiger partial charge is 0.495 e. The molecule has 0 bridgehead atoms. The van der Waals surface area contributed by atoms with Crippen LogP contribution < -0.4 is 8.92 Å². The standard InChI is InChI=1S/C13H10FNO6S/c1-20-12-6-5-10(15(16)17)8-13(12)22(18,19)21-11-4-2-3-9(14)7-11/h2-8H,1H3. The highest BCUT2D eigenvalue weighted by atomic mass is 32.2. The molecule has 7 nitrogen and oxygen atoms in total. The van der Waals surface area contributed by atoms with Crippen LogP contribution in [0.15, 0.2) is 47.4 Å². The fourth-order valence-electron chi connectivity index (χ4n) is 1.66. The summed E-state index contributed by atoms with van der Waals surface area (Å²) in [5, 5.41) is 10.8. The number of non-ortho nitro benzene ring substituents is 1. The monoisotopic (exact) mass is 327 g/mol. The summed E-state index contributed by atoms with van der Waals surface area (Å²) in [5.74, 6) is -1.06. The van der Waals surface area contributed by atoms with Crippen molar-refractivity contribution >= 4 is 15.8 Å². The maximum absolute atomic E-state index is 13.1. The molecule has 0 radical (unpaired) electrons. The molecule has 0 amide bonds. The normalized spacial score (nSPS) is 11.0. The number of benzene rings is 2. The van der Waals surface area contributed by atoms with E-state index in [4.69, 9.17) is 8.92 Å². The minimum Gasteiger partial charge on any atom is -0.495 e. The first-order valence-corrected chi connectivity index (χ1v) is 7.27. The zero-order chi connectivity index (χ0) is 16.3. The first kappa shape index (κ1) is 15.7. The van der Waals surface area contributed by atoms with Gasteiger partial charge in [0, 0.05) is 18.2 Å². The average molecular weight is 327 g/mol. The third kappa shape index (κ3) is 3.31. The number of hydrogen-bond acceptors (Lipinski definition) is 6. The van der Waals surface area contributed by atoms with E-state index < -0.39 is 31.4 Å². The number of rotatable bonds is 5. The van der Waals surface area contributed by atoms with Crippen LogP contribution in [0.1, 0.15) is 0 Å². The lowest BCUT2D eigenvalue weighted by atomic mass is 10.3. The van der Waals surface area contributed by atoms with Gasteiger partial charge in [-0.1, -0.05) is 6.07 Å². The van der Waals surface area contributed by atoms with E-state index in [-0.39, 0.29) is 11.5 Å². The smallest absolute Gasteiger partial charge is 0.343 e. The van der Waals surface area contributed by atoms with Gasteiger partial charge in [0.15, 0.2) is 4.90 Å². The molecule has 0 heterocycles. The quantitative estimate of drug-likeness (QED) is 0.475. The summed E-state index contributed by atoms with van der Waals surface area (Å²) in [6, 6.07) is 7.55. The molecule has 22 heavy (non-hydrogen) atoms. The fourth-order valence-corrected chi connectivity index (χ4v) is 2.77. The lowest BCUT2D eigenvalue weighted by Gasteiger charge is -2.10. The molecule has 0 aliphatic carbocycles. The maximum atomic E-state index is 13.1. The molecular formula is C13H10FNO6S. The van der Waals surface area contributed by atoms with E-state index in [1.54, 1.807) is 0 Å². The van der Waals surface area contributed by atoms with E-state index in [1.165, 1.54) is 19.2 Å². The minimum absolute atomic E-state index is 0.123. The van der Waals surface area contributed by atoms with Gasteiger partial charge in [-0.3, -0.25) is 10.1 Å². The van der Waals surface area contributed by atoms with Gasteiger partial charge in [0.25, 0.3) is 5.69 Å². The van der Waals surface area contributed by atoms with E-state index >= 15 is 0 Å². The second-order valence-electron chi connectivity index (χ2n) is 4.09. The van der Waals surface area contributed by atoms with Gasteiger partial charge in [0.2, 0.25) is 0 Å². The van der Waals surface area contributed by atoms with Crippen molar-refractivity contribution < 1.29 is 26.7 Å². The highest BCUT2D eigenvalue weighted by molar-refractivity contribution is 7.87. The summed E-state index contributed by atoms with van der Waals surface area (Å²) >= 11 is 0. The zero-order valence-electron chi connectivity index (χ0n) is 11.2. The van der Waals surface area contributed by atoms with Gasteiger partial charge >= 0.3 is 10.1 Å². The summed E-state index contributed by atoms with van der Waals surface area (Å²) in [6.45, 7) is 0. The SMILES string of the molecule is COc1ccc([N+](=O)[O-])cc1S(=O)(=O)Oc1cccc(F)c1. The number of nitrogens with zero attached hydrogens (tertiary/aromatic N) is 1. The Hall–Kier alpha value is -2.68. The first-order chi connectivity index (χ1) is 10.3. The van der Waals surface area contributed by atoms with Crippen molar-refractivity contribution in [2.24, 2.45) is 0 Å². The number of methoxy groups -OCH3 is 1. The summed E-state index contributed by atoms with van der Waals surface area (Å²) < 4.78 is 47.2. The van der Waals surface area contributed by atoms with Crippen LogP contribution in [-0.4, -0.2) is 20.5 Å². The predicted octanol–water partition coefficient (Wildman–Crippen LogP) is 2.51. The molecule has 0 spiro atoms. The second kappa shape index (κ2) is 5.98. The Kier molecular flexibility index (Phi) is 4.27. The van der Waals surface area contributed by atoms with Crippen LogP contribution in [0, 0.1) is 15.9 Å². The Morgan fingerprint density at radius 3 is 2.50 bits per heavy atom. The second-order valence-corrected chi connectivity index (χ2v) is 5.60. The zero-order valence-corrected chi connectivity index (χ0v) is 12.0. The van der Waals surface area contributed by atoms with Gasteiger partial charge in [-0.25, -0.2) is 4.39 Å². The molecule has 9 heteroatoms. The first-order valence-electron chi connectivity index (χ1n) is 5.86. The molecule has 2 aromatic carbocycles. The summed E-state index contributed by atoms with van der Waals surface area (Å²) in [4.78, 5) is 9.49. The summed E-state index contributed by atoms with van der Waals surface area (Å²) in [5.41, 5.74) is -0.442. The highest BCUT2D eigenvalue weighted by Gasteiger charge is 2.25. The van der Waals surface area contributed by atoms with Crippen molar-refractivity contribution in [2.45, 2.75) is 4.90 Å². The fraction of sp³-hybridized carbons (Fsp3) is 0.0769. The van der Waals surface area contributed by atoms with E-state index in [1.807, 2.05) is 0 Å². The molecule has 0 atom stereocenters. The Balaban J connectivity index is 2.48. The van der Waals surface area contributed by atoms with Gasteiger partial charge < -0.3 is 8.92 Å². The van der Waals surface area contributed by atoms with Crippen molar-refractivity contribution in [1.29, 1.82) is 0 Å². The van der Waals surface area contributed by atoms with Gasteiger partial charge in [-0.15, -0.1) is 0 Å². The lowest BCUT2D eigenvalue weighted by molar-refractivity contribution is -0.385. The van der Waals surface area contributed by atoms with E-state index in [2.05, 4.69) is 0 Å². The molecule has 0 fully saturated rings. The van der Waals surface area contributed by atoms with Crippen LogP contribution in [0.4, 0.5) is 10.1 Å². The number of hydrogen-bond donors (Lipinski definition) is 0. The minimum atomic E-state index is -4.42. The van der Waals surface area contributed by atoms with E-state index in [0.717, 1.165) is 30.3 Å². The van der Waals surface area contributed by atoms with Gasteiger partial charge in [-0.05, 0) is 18.2 Å². The molecule has 0 unspecified atom stereocenters. The van der Waals surface area contributed by atoms with Crippen LogP contribution in [0.5, 0.6) is 11.5 Å². The molecule has 0 N–H and O–H groups in total. The number of nitro benzene ring substituents is 1. The topological polar surface area (TPSA) is 95.7 Å². The molecule has 2 rings (SSSR count). The number of ether oxygens (including phenoxy) is 1. The van der Waals surface area contributed by atoms with Crippen molar-refractivity contribution in [3.63, 3.8) is 0 Å². The van der Waals surface area contributed by atoms with Crippen LogP contribution in [-0.2, 0) is 10.1 Å². The van der Waals surface area contributed by atoms with Crippen LogP contribution in [0.2, 0.25) is 0 Å². The van der Waals surface area contributed by atoms with Crippen molar-refractivity contribution in [1.82, 2.24) is 0 Å². The molecular weight excluding hydrogens is 317 g/mol. The van der Waals surface area contributed by atoms with Crippen LogP contribution in [0.3, 0.4) is 0 Å². The third-order valence-corrected chi connectivity index (χ3v) is 3.90. The van der Waals surface area contributed by atoms with Gasteiger partial charge in [0.05, 0.1) is 12.0 Å². The lowest BCUT2D eigenvalue weighted by Crippen LogP contribution is -2.11. The van der Waals surface area contributed by atoms with E-state index in [9.17, 15) is 22.9 Å². The Bertz CT molecular complexity index is 821. The Morgan fingerprint density at radius 2 is 1.91 bits per heavy atom. The van der Waals surface area contributed by atoms with E-state index in [0.29, 0.717) is 0 Å². The molecule has 0 saturated carbocycles. The molecule has 0 aromatic heterocycles. The summed E-state index contributed by atoms with van der Waals surface area (Å²) in [6.07, 6.45) is 0. The highest BCUT2D eigenvalue weighted by Crippen LogP contribution is 2.30. The Morgan fingerprint density at radius 1 is 1.18 bits per heavy atom. The molecule has 0 aliphatic heterocycles. The molecule has 0 aliphatic rings. The maximum Gasteiger partial charge on any atom is 0.343 e. The summed E-state index contributed by atoms with van der Waals surface area (Å²) in [7, 11) is -3.21. The number of halogens is 1. The molecule has 0 saturated heterocycles. The Labute approximate surface area is 125 Å². The average Bonchev–Trinajstić information content (AvgIpc) is 2.46. The van der Waals surface area contributed by atoms with Crippen LogP contribution >= 0.6 is 0 Å². The molecule has 116 valence electrons. The van der Waals surface area contributed by atoms with Crippen LogP contribution in [0.25, 0.3) is 0 Å². The third-order valence-electron chi connectivity index (χ3n) is 2.63. The predicted molar refractivity (Wildman–Crippen MR) is 73.9 cm³/mol. The van der Waals surface area contributed by atoms with Crippen molar-refractivity contribution in [3.8, 4) is 11.5 Å². The van der Waals surface area contributed by atoms with Crippen molar-refractivity contribution in [3.05, 3.63) is 58.4 Å².